The highest BCUT2D eigenvalue weighted by atomic mass is 32.2. The molecule has 0 atom stereocenters. The van der Waals surface area contributed by atoms with Crippen LogP contribution in [0, 0.1) is 0 Å². The van der Waals surface area contributed by atoms with Gasteiger partial charge < -0.3 is 9.47 Å². The molecule has 1 aliphatic rings. The Morgan fingerprint density at radius 3 is 2.89 bits per heavy atom. The number of rotatable bonds is 5. The van der Waals surface area contributed by atoms with Crippen molar-refractivity contribution < 1.29 is 14.3 Å². The molecule has 1 aromatic rings. The number of carbonyl (C=O) groups excluding carboxylic acids is 1. The number of aliphatic imine (C=N–C) groups is 1. The lowest BCUT2D eigenvalue weighted by molar-refractivity contribution is -0.124. The predicted octanol–water partition coefficient (Wildman–Crippen LogP) is 1.90. The van der Waals surface area contributed by atoms with Gasteiger partial charge in [0.2, 0.25) is 5.91 Å². The predicted molar refractivity (Wildman–Crippen MR) is 76.1 cm³/mol. The SMILES string of the molecule is COCCN1C(=O)CSC1=Nc1ccccc1OC. The van der Waals surface area contributed by atoms with Gasteiger partial charge in [0.1, 0.15) is 11.4 Å². The highest BCUT2D eigenvalue weighted by Crippen LogP contribution is 2.30. The molecule has 1 aromatic carbocycles. The van der Waals surface area contributed by atoms with E-state index in [1.165, 1.54) is 11.8 Å². The maximum atomic E-state index is 11.8. The van der Waals surface area contributed by atoms with Gasteiger partial charge >= 0.3 is 0 Å². The van der Waals surface area contributed by atoms with Crippen LogP contribution in [0.1, 0.15) is 0 Å². The van der Waals surface area contributed by atoms with Gasteiger partial charge in [-0.25, -0.2) is 4.99 Å². The molecule has 0 unspecified atom stereocenters. The zero-order chi connectivity index (χ0) is 13.7. The summed E-state index contributed by atoms with van der Waals surface area (Å²) in [7, 11) is 3.22. The summed E-state index contributed by atoms with van der Waals surface area (Å²) in [5.41, 5.74) is 0.726. The first-order valence-electron chi connectivity index (χ1n) is 5.90. The van der Waals surface area contributed by atoms with Crippen molar-refractivity contribution in [3.05, 3.63) is 24.3 Å². The number of para-hydroxylation sites is 2. The number of hydrogen-bond donors (Lipinski definition) is 0. The number of thioether (sulfide) groups is 1. The van der Waals surface area contributed by atoms with Crippen molar-refractivity contribution in [3.63, 3.8) is 0 Å². The lowest BCUT2D eigenvalue weighted by Crippen LogP contribution is -2.32. The van der Waals surface area contributed by atoms with Gasteiger partial charge in [0.25, 0.3) is 0 Å². The quantitative estimate of drug-likeness (QED) is 0.826. The van der Waals surface area contributed by atoms with Gasteiger partial charge in [-0.05, 0) is 12.1 Å². The average molecular weight is 280 g/mol. The standard InChI is InChI=1S/C13H16N2O3S/c1-17-8-7-15-12(16)9-19-13(15)14-10-5-3-4-6-11(10)18-2/h3-6H,7-9H2,1-2H3. The van der Waals surface area contributed by atoms with Crippen LogP contribution in [0.4, 0.5) is 5.69 Å². The summed E-state index contributed by atoms with van der Waals surface area (Å²) >= 11 is 1.44. The van der Waals surface area contributed by atoms with Crippen LogP contribution in [0.3, 0.4) is 0 Å². The smallest absolute Gasteiger partial charge is 0.239 e. The minimum atomic E-state index is 0.0655. The summed E-state index contributed by atoms with van der Waals surface area (Å²) in [5.74, 6) is 1.19. The summed E-state index contributed by atoms with van der Waals surface area (Å²) in [4.78, 5) is 17.9. The molecule has 0 saturated carbocycles. The lowest BCUT2D eigenvalue weighted by atomic mass is 10.3. The van der Waals surface area contributed by atoms with Gasteiger partial charge in [0.05, 0.1) is 26.0 Å². The Morgan fingerprint density at radius 1 is 1.37 bits per heavy atom. The molecule has 1 heterocycles. The molecule has 1 amide bonds. The molecule has 0 bridgehead atoms. The fourth-order valence-corrected chi connectivity index (χ4v) is 2.63. The van der Waals surface area contributed by atoms with Crippen molar-refractivity contribution in [1.82, 2.24) is 4.90 Å². The third kappa shape index (κ3) is 3.27. The van der Waals surface area contributed by atoms with E-state index < -0.39 is 0 Å². The fourth-order valence-electron chi connectivity index (χ4n) is 1.71. The maximum Gasteiger partial charge on any atom is 0.239 e. The average Bonchev–Trinajstić information content (AvgIpc) is 2.78. The van der Waals surface area contributed by atoms with Crippen molar-refractivity contribution in [3.8, 4) is 5.75 Å². The number of benzene rings is 1. The summed E-state index contributed by atoms with van der Waals surface area (Å²) in [6.07, 6.45) is 0. The minimum absolute atomic E-state index is 0.0655. The van der Waals surface area contributed by atoms with Crippen LogP contribution < -0.4 is 4.74 Å². The summed E-state index contributed by atoms with van der Waals surface area (Å²) < 4.78 is 10.3. The molecule has 1 fully saturated rings. The number of hydrogen-bond acceptors (Lipinski definition) is 5. The van der Waals surface area contributed by atoms with Crippen LogP contribution in [0.2, 0.25) is 0 Å². The first kappa shape index (κ1) is 13.9. The number of nitrogens with zero attached hydrogens (tertiary/aromatic N) is 2. The Labute approximate surface area is 116 Å². The molecular weight excluding hydrogens is 264 g/mol. The Bertz CT molecular complexity index is 491. The second kappa shape index (κ2) is 6.58. The molecule has 1 aliphatic heterocycles. The number of ether oxygens (including phenoxy) is 2. The van der Waals surface area contributed by atoms with Crippen molar-refractivity contribution in [1.29, 1.82) is 0 Å². The molecule has 0 radical (unpaired) electrons. The third-order valence-corrected chi connectivity index (χ3v) is 3.64. The highest BCUT2D eigenvalue weighted by Gasteiger charge is 2.27. The van der Waals surface area contributed by atoms with Crippen LogP contribution in [-0.4, -0.2) is 49.1 Å². The van der Waals surface area contributed by atoms with E-state index in [0.29, 0.717) is 29.8 Å². The van der Waals surface area contributed by atoms with Crippen molar-refractivity contribution in [2.24, 2.45) is 4.99 Å². The van der Waals surface area contributed by atoms with Crippen LogP contribution in [0.5, 0.6) is 5.75 Å². The summed E-state index contributed by atoms with van der Waals surface area (Å²) in [6.45, 7) is 1.02. The Morgan fingerprint density at radius 2 is 2.16 bits per heavy atom. The molecule has 102 valence electrons. The largest absolute Gasteiger partial charge is 0.494 e. The van der Waals surface area contributed by atoms with E-state index in [9.17, 15) is 4.79 Å². The first-order chi connectivity index (χ1) is 9.26. The second-order valence-electron chi connectivity index (χ2n) is 3.89. The monoisotopic (exact) mass is 280 g/mol. The van der Waals surface area contributed by atoms with Crippen LogP contribution in [-0.2, 0) is 9.53 Å². The van der Waals surface area contributed by atoms with E-state index in [2.05, 4.69) is 4.99 Å². The van der Waals surface area contributed by atoms with Crippen molar-refractivity contribution in [2.75, 3.05) is 33.1 Å². The van der Waals surface area contributed by atoms with E-state index in [1.807, 2.05) is 24.3 Å². The van der Waals surface area contributed by atoms with Gasteiger partial charge in [0, 0.05) is 7.11 Å². The number of amides is 1. The summed E-state index contributed by atoms with van der Waals surface area (Å²) in [6, 6.07) is 7.49. The number of methoxy groups -OCH3 is 2. The lowest BCUT2D eigenvalue weighted by Gasteiger charge is -2.15. The summed E-state index contributed by atoms with van der Waals surface area (Å²) in [5, 5.41) is 0.701. The number of amidine groups is 1. The zero-order valence-corrected chi connectivity index (χ0v) is 11.8. The van der Waals surface area contributed by atoms with Crippen molar-refractivity contribution in [2.45, 2.75) is 0 Å². The highest BCUT2D eigenvalue weighted by molar-refractivity contribution is 8.15. The van der Waals surface area contributed by atoms with Gasteiger partial charge in [-0.3, -0.25) is 9.69 Å². The zero-order valence-electron chi connectivity index (χ0n) is 11.0. The van der Waals surface area contributed by atoms with E-state index in [0.717, 1.165) is 5.69 Å². The van der Waals surface area contributed by atoms with E-state index in [4.69, 9.17) is 9.47 Å². The molecule has 0 N–H and O–H groups in total. The molecule has 0 aromatic heterocycles. The van der Waals surface area contributed by atoms with Crippen LogP contribution >= 0.6 is 11.8 Å². The van der Waals surface area contributed by atoms with Gasteiger partial charge in [-0.15, -0.1) is 0 Å². The third-order valence-electron chi connectivity index (χ3n) is 2.68. The van der Waals surface area contributed by atoms with Crippen LogP contribution in [0.15, 0.2) is 29.3 Å². The molecule has 1 saturated heterocycles. The molecule has 6 heteroatoms. The molecular formula is C13H16N2O3S. The molecule has 0 aliphatic carbocycles. The molecule has 5 nitrogen and oxygen atoms in total. The molecule has 2 rings (SSSR count). The molecule has 0 spiro atoms. The van der Waals surface area contributed by atoms with Gasteiger partial charge in [-0.1, -0.05) is 23.9 Å². The van der Waals surface area contributed by atoms with Gasteiger partial charge in [-0.2, -0.15) is 0 Å². The Balaban J connectivity index is 2.23. The maximum absolute atomic E-state index is 11.8. The van der Waals surface area contributed by atoms with Crippen LogP contribution in [0.25, 0.3) is 0 Å². The van der Waals surface area contributed by atoms with Crippen molar-refractivity contribution >= 4 is 28.5 Å². The van der Waals surface area contributed by atoms with E-state index >= 15 is 0 Å². The normalized spacial score (nSPS) is 17.3. The topological polar surface area (TPSA) is 51.1 Å². The number of carbonyl (C=O) groups is 1. The first-order valence-corrected chi connectivity index (χ1v) is 6.88. The Kier molecular flexibility index (Phi) is 4.81. The minimum Gasteiger partial charge on any atom is -0.494 e. The van der Waals surface area contributed by atoms with E-state index in [-0.39, 0.29) is 5.91 Å². The van der Waals surface area contributed by atoms with Gasteiger partial charge in [0.15, 0.2) is 5.17 Å². The second-order valence-corrected chi connectivity index (χ2v) is 4.84. The fraction of sp³-hybridized carbons (Fsp3) is 0.385. The van der Waals surface area contributed by atoms with E-state index in [1.54, 1.807) is 19.1 Å². The molecule has 19 heavy (non-hydrogen) atoms. The Hall–Kier alpha value is -1.53.